The van der Waals surface area contributed by atoms with Gasteiger partial charge in [0.1, 0.15) is 11.6 Å². The van der Waals surface area contributed by atoms with Crippen molar-refractivity contribution in [2.45, 2.75) is 18.2 Å². The van der Waals surface area contributed by atoms with Gasteiger partial charge in [-0.05, 0) is 30.3 Å². The number of amides is 1. The van der Waals surface area contributed by atoms with Crippen molar-refractivity contribution < 1.29 is 13.6 Å². The second-order valence-electron chi connectivity index (χ2n) is 7.01. The van der Waals surface area contributed by atoms with Gasteiger partial charge in [0.15, 0.2) is 5.16 Å². The van der Waals surface area contributed by atoms with Crippen LogP contribution in [0.15, 0.2) is 81.3 Å². The number of hydrogen-bond donors (Lipinski definition) is 0. The van der Waals surface area contributed by atoms with Crippen LogP contribution in [0.4, 0.5) is 4.39 Å². The number of furan rings is 1. The molecule has 0 atom stereocenters. The summed E-state index contributed by atoms with van der Waals surface area (Å²) in [5, 5.41) is 0.925. The average Bonchev–Trinajstić information content (AvgIpc) is 3.29. The van der Waals surface area contributed by atoms with Gasteiger partial charge in [0, 0.05) is 19.2 Å². The number of hydrogen-bond acceptors (Lipinski definition) is 5. The molecule has 6 nitrogen and oxygen atoms in total. The number of carbonyl (C=O) groups excluding carboxylic acids is 1. The van der Waals surface area contributed by atoms with Gasteiger partial charge in [-0.1, -0.05) is 42.1 Å². The quantitative estimate of drug-likeness (QED) is 0.324. The third-order valence-corrected chi connectivity index (χ3v) is 5.80. The van der Waals surface area contributed by atoms with Crippen molar-refractivity contribution >= 4 is 28.6 Å². The Morgan fingerprint density at radius 1 is 1.13 bits per heavy atom. The molecule has 4 rings (SSSR count). The van der Waals surface area contributed by atoms with E-state index in [1.165, 1.54) is 27.3 Å². The maximum Gasteiger partial charge on any atom is 0.262 e. The summed E-state index contributed by atoms with van der Waals surface area (Å²) in [7, 11) is 1.62. The second kappa shape index (κ2) is 9.18. The zero-order chi connectivity index (χ0) is 21.8. The van der Waals surface area contributed by atoms with E-state index in [1.54, 1.807) is 61.8 Å². The zero-order valence-electron chi connectivity index (χ0n) is 16.8. The highest BCUT2D eigenvalue weighted by Gasteiger charge is 2.17. The lowest BCUT2D eigenvalue weighted by Gasteiger charge is -2.18. The van der Waals surface area contributed by atoms with Crippen LogP contribution in [0.3, 0.4) is 0 Å². The average molecular weight is 437 g/mol. The topological polar surface area (TPSA) is 68.3 Å². The number of aromatic nitrogens is 2. The minimum absolute atomic E-state index is 0.0634. The van der Waals surface area contributed by atoms with Crippen molar-refractivity contribution in [3.63, 3.8) is 0 Å². The molecule has 2 heterocycles. The van der Waals surface area contributed by atoms with E-state index < -0.39 is 0 Å². The molecule has 0 bridgehead atoms. The molecule has 0 aliphatic rings. The van der Waals surface area contributed by atoms with Gasteiger partial charge in [0.25, 0.3) is 5.56 Å². The van der Waals surface area contributed by atoms with Crippen LogP contribution in [0.5, 0.6) is 0 Å². The van der Waals surface area contributed by atoms with Gasteiger partial charge >= 0.3 is 0 Å². The molecule has 0 spiro atoms. The molecule has 4 aromatic rings. The van der Waals surface area contributed by atoms with Crippen LogP contribution in [-0.4, -0.2) is 33.2 Å². The number of nitrogens with zero attached hydrogens (tertiary/aromatic N) is 3. The van der Waals surface area contributed by atoms with Crippen molar-refractivity contribution in [3.05, 3.63) is 94.4 Å². The highest BCUT2D eigenvalue weighted by molar-refractivity contribution is 7.99. The summed E-state index contributed by atoms with van der Waals surface area (Å²) in [5.41, 5.74) is 0.816. The van der Waals surface area contributed by atoms with E-state index in [1.807, 2.05) is 6.07 Å². The highest BCUT2D eigenvalue weighted by atomic mass is 32.2. The molecule has 2 aromatic heterocycles. The van der Waals surface area contributed by atoms with Gasteiger partial charge in [0.05, 0.1) is 29.5 Å². The Morgan fingerprint density at radius 3 is 2.68 bits per heavy atom. The summed E-state index contributed by atoms with van der Waals surface area (Å²) < 4.78 is 20.8. The maximum atomic E-state index is 13.9. The smallest absolute Gasteiger partial charge is 0.262 e. The minimum atomic E-state index is -0.349. The molecular formula is C23H20FN3O3S. The second-order valence-corrected chi connectivity index (χ2v) is 7.95. The number of rotatable bonds is 7. The predicted octanol–water partition coefficient (Wildman–Crippen LogP) is 3.93. The Bertz CT molecular complexity index is 1270. The molecule has 1 amide bonds. The normalized spacial score (nSPS) is 11.0. The van der Waals surface area contributed by atoms with Crippen LogP contribution < -0.4 is 5.56 Å². The van der Waals surface area contributed by atoms with E-state index >= 15 is 0 Å². The Balaban J connectivity index is 1.56. The molecule has 0 aliphatic heterocycles. The van der Waals surface area contributed by atoms with E-state index in [0.717, 1.165) is 0 Å². The molecule has 0 aliphatic carbocycles. The molecule has 0 radical (unpaired) electrons. The standard InChI is InChI=1S/C23H20FN3O3S/c1-26(13-16-7-2-4-10-19(16)24)21(28)15-31-23-25-20-11-5-3-9-18(20)22(29)27(23)14-17-8-6-12-30-17/h2-12H,13-15H2,1H3. The first kappa shape index (κ1) is 20.9. The number of thioether (sulfide) groups is 1. The van der Waals surface area contributed by atoms with Gasteiger partial charge in [-0.15, -0.1) is 0 Å². The Kier molecular flexibility index (Phi) is 6.18. The molecular weight excluding hydrogens is 417 g/mol. The fourth-order valence-electron chi connectivity index (χ4n) is 3.16. The number of halogens is 1. The van der Waals surface area contributed by atoms with E-state index in [9.17, 15) is 14.0 Å². The minimum Gasteiger partial charge on any atom is -0.467 e. The Hall–Kier alpha value is -3.39. The lowest BCUT2D eigenvalue weighted by molar-refractivity contribution is -0.127. The molecule has 0 saturated heterocycles. The van der Waals surface area contributed by atoms with Gasteiger partial charge in [-0.25, -0.2) is 9.37 Å². The van der Waals surface area contributed by atoms with E-state index in [4.69, 9.17) is 4.42 Å². The van der Waals surface area contributed by atoms with E-state index in [2.05, 4.69) is 4.98 Å². The number of carbonyl (C=O) groups is 1. The van der Waals surface area contributed by atoms with E-state index in [0.29, 0.717) is 27.4 Å². The van der Waals surface area contributed by atoms with Crippen LogP contribution in [0.1, 0.15) is 11.3 Å². The fraction of sp³-hybridized carbons (Fsp3) is 0.174. The summed E-state index contributed by atoms with van der Waals surface area (Å²) in [4.78, 5) is 31.8. The van der Waals surface area contributed by atoms with Crippen molar-refractivity contribution in [3.8, 4) is 0 Å². The molecule has 158 valence electrons. The van der Waals surface area contributed by atoms with Gasteiger partial charge in [0.2, 0.25) is 5.91 Å². The lowest BCUT2D eigenvalue weighted by atomic mass is 10.2. The third kappa shape index (κ3) is 4.69. The van der Waals surface area contributed by atoms with Crippen molar-refractivity contribution in [1.82, 2.24) is 14.5 Å². The van der Waals surface area contributed by atoms with Crippen LogP contribution in [0.25, 0.3) is 10.9 Å². The van der Waals surface area contributed by atoms with Crippen LogP contribution in [0, 0.1) is 5.82 Å². The van der Waals surface area contributed by atoms with Crippen LogP contribution in [-0.2, 0) is 17.9 Å². The zero-order valence-corrected chi connectivity index (χ0v) is 17.6. The predicted molar refractivity (Wildman–Crippen MR) is 117 cm³/mol. The van der Waals surface area contributed by atoms with Crippen molar-refractivity contribution in [1.29, 1.82) is 0 Å². The molecule has 8 heteroatoms. The molecule has 0 saturated carbocycles. The fourth-order valence-corrected chi connectivity index (χ4v) is 4.10. The molecule has 2 aromatic carbocycles. The number of fused-ring (bicyclic) bond motifs is 1. The summed E-state index contributed by atoms with van der Waals surface area (Å²) in [5.74, 6) is 0.135. The summed E-state index contributed by atoms with van der Waals surface area (Å²) in [6.45, 7) is 0.377. The molecule has 0 N–H and O–H groups in total. The van der Waals surface area contributed by atoms with E-state index in [-0.39, 0.29) is 36.1 Å². The van der Waals surface area contributed by atoms with Gasteiger partial charge < -0.3 is 9.32 Å². The first-order valence-corrected chi connectivity index (χ1v) is 10.6. The Morgan fingerprint density at radius 2 is 1.90 bits per heavy atom. The highest BCUT2D eigenvalue weighted by Crippen LogP contribution is 2.20. The van der Waals surface area contributed by atoms with Crippen molar-refractivity contribution in [2.75, 3.05) is 12.8 Å². The van der Waals surface area contributed by atoms with Gasteiger partial charge in [-0.2, -0.15) is 0 Å². The third-order valence-electron chi connectivity index (χ3n) is 4.84. The molecule has 0 fully saturated rings. The number of benzene rings is 2. The summed E-state index contributed by atoms with van der Waals surface area (Å²) in [6.07, 6.45) is 1.54. The SMILES string of the molecule is CN(Cc1ccccc1F)C(=O)CSc1nc2ccccc2c(=O)n1Cc1ccco1. The van der Waals surface area contributed by atoms with Gasteiger partial charge in [-0.3, -0.25) is 14.2 Å². The Labute approximate surface area is 182 Å². The largest absolute Gasteiger partial charge is 0.467 e. The monoisotopic (exact) mass is 437 g/mol. The first-order valence-electron chi connectivity index (χ1n) is 9.65. The lowest BCUT2D eigenvalue weighted by Crippen LogP contribution is -2.29. The molecule has 0 unspecified atom stereocenters. The van der Waals surface area contributed by atoms with Crippen LogP contribution >= 0.6 is 11.8 Å². The maximum absolute atomic E-state index is 13.9. The summed E-state index contributed by atoms with van der Waals surface area (Å²) >= 11 is 1.17. The number of para-hydroxylation sites is 1. The summed E-state index contributed by atoms with van der Waals surface area (Å²) in [6, 6.07) is 17.0. The van der Waals surface area contributed by atoms with Crippen LogP contribution in [0.2, 0.25) is 0 Å². The first-order chi connectivity index (χ1) is 15.0. The molecule has 31 heavy (non-hydrogen) atoms. The van der Waals surface area contributed by atoms with Crippen molar-refractivity contribution in [2.24, 2.45) is 0 Å².